The number of aryl methyl sites for hydroxylation is 1. The average molecular weight is 422 g/mol. The van der Waals surface area contributed by atoms with Gasteiger partial charge in [0.15, 0.2) is 0 Å². The van der Waals surface area contributed by atoms with E-state index in [-0.39, 0.29) is 5.25 Å². The largest absolute Gasteiger partial charge is 0.301 e. The van der Waals surface area contributed by atoms with Gasteiger partial charge in [-0.15, -0.1) is 0 Å². The molecular formula is C27H23N3S. The Morgan fingerprint density at radius 3 is 2.32 bits per heavy atom. The summed E-state index contributed by atoms with van der Waals surface area (Å²) in [6.45, 7) is 4.35. The fourth-order valence-electron chi connectivity index (χ4n) is 3.89. The molecule has 0 spiro atoms. The molecule has 0 bridgehead atoms. The van der Waals surface area contributed by atoms with E-state index in [1.807, 2.05) is 6.07 Å². The smallest absolute Gasteiger partial charge is 0.149 e. The summed E-state index contributed by atoms with van der Waals surface area (Å²) in [7, 11) is 0. The van der Waals surface area contributed by atoms with Crippen molar-refractivity contribution >= 4 is 22.8 Å². The van der Waals surface area contributed by atoms with Crippen molar-refractivity contribution in [3.05, 3.63) is 109 Å². The van der Waals surface area contributed by atoms with E-state index in [2.05, 4.69) is 103 Å². The summed E-state index contributed by atoms with van der Waals surface area (Å²) in [5.41, 5.74) is 6.88. The molecule has 0 fully saturated rings. The van der Waals surface area contributed by atoms with Crippen LogP contribution in [0, 0.1) is 6.92 Å². The van der Waals surface area contributed by atoms with Gasteiger partial charge in [0.1, 0.15) is 17.0 Å². The van der Waals surface area contributed by atoms with Gasteiger partial charge in [-0.25, -0.2) is 9.97 Å². The molecule has 0 saturated carbocycles. The van der Waals surface area contributed by atoms with E-state index in [9.17, 15) is 0 Å². The normalized spacial score (nSPS) is 12.2. The number of rotatable bonds is 5. The Kier molecular flexibility index (Phi) is 5.31. The number of hydrogen-bond acceptors (Lipinski definition) is 3. The molecule has 0 saturated heterocycles. The van der Waals surface area contributed by atoms with E-state index in [0.29, 0.717) is 0 Å². The number of hydrogen-bond donors (Lipinski definition) is 0. The number of aromatic nitrogens is 3. The fourth-order valence-corrected chi connectivity index (χ4v) is 4.95. The monoisotopic (exact) mass is 421 g/mol. The van der Waals surface area contributed by atoms with E-state index >= 15 is 0 Å². The van der Waals surface area contributed by atoms with Crippen molar-refractivity contribution in [2.75, 3.05) is 0 Å². The van der Waals surface area contributed by atoms with Gasteiger partial charge in [-0.3, -0.25) is 0 Å². The fraction of sp³-hybridized carbons (Fsp3) is 0.111. The maximum atomic E-state index is 4.72. The highest BCUT2D eigenvalue weighted by Gasteiger charge is 2.19. The SMILES string of the molecule is Cc1cccc(-n2cc(-c3ccccc3)c3c(SC(C)c4ccccc4)ncnc32)c1. The number of benzene rings is 3. The van der Waals surface area contributed by atoms with Gasteiger partial charge in [0.2, 0.25) is 0 Å². The second-order valence-electron chi connectivity index (χ2n) is 7.67. The zero-order valence-electron chi connectivity index (χ0n) is 17.6. The lowest BCUT2D eigenvalue weighted by Crippen LogP contribution is -1.96. The topological polar surface area (TPSA) is 30.7 Å². The lowest BCUT2D eigenvalue weighted by atomic mass is 10.1. The van der Waals surface area contributed by atoms with Crippen LogP contribution >= 0.6 is 11.8 Å². The highest BCUT2D eigenvalue weighted by atomic mass is 32.2. The van der Waals surface area contributed by atoms with E-state index in [1.54, 1.807) is 18.1 Å². The van der Waals surface area contributed by atoms with Gasteiger partial charge in [0.25, 0.3) is 0 Å². The molecule has 2 aromatic heterocycles. The molecule has 1 atom stereocenters. The molecule has 1 unspecified atom stereocenters. The zero-order valence-corrected chi connectivity index (χ0v) is 18.4. The first-order valence-electron chi connectivity index (χ1n) is 10.4. The Morgan fingerprint density at radius 2 is 1.58 bits per heavy atom. The molecule has 4 heteroatoms. The van der Waals surface area contributed by atoms with Gasteiger partial charge in [-0.1, -0.05) is 84.6 Å². The van der Waals surface area contributed by atoms with Crippen LogP contribution in [0.3, 0.4) is 0 Å². The summed E-state index contributed by atoms with van der Waals surface area (Å²) in [4.78, 5) is 9.43. The van der Waals surface area contributed by atoms with Crippen LogP contribution in [0.2, 0.25) is 0 Å². The van der Waals surface area contributed by atoms with E-state index < -0.39 is 0 Å². The van der Waals surface area contributed by atoms with Crippen molar-refractivity contribution in [3.8, 4) is 16.8 Å². The molecule has 3 nitrogen and oxygen atoms in total. The minimum atomic E-state index is 0.283. The highest BCUT2D eigenvalue weighted by Crippen LogP contribution is 2.41. The van der Waals surface area contributed by atoms with Gasteiger partial charge >= 0.3 is 0 Å². The Bertz CT molecular complexity index is 1330. The van der Waals surface area contributed by atoms with Crippen molar-refractivity contribution < 1.29 is 0 Å². The predicted molar refractivity (Wildman–Crippen MR) is 130 cm³/mol. The third kappa shape index (κ3) is 3.87. The second kappa shape index (κ2) is 8.40. The van der Waals surface area contributed by atoms with Crippen LogP contribution in [0.1, 0.15) is 23.3 Å². The van der Waals surface area contributed by atoms with E-state index in [4.69, 9.17) is 9.97 Å². The molecule has 0 radical (unpaired) electrons. The van der Waals surface area contributed by atoms with Crippen LogP contribution < -0.4 is 0 Å². The van der Waals surface area contributed by atoms with Crippen molar-refractivity contribution in [2.45, 2.75) is 24.1 Å². The molecule has 0 aliphatic heterocycles. The highest BCUT2D eigenvalue weighted by molar-refractivity contribution is 7.99. The van der Waals surface area contributed by atoms with Crippen molar-refractivity contribution in [2.24, 2.45) is 0 Å². The Labute approximate surface area is 186 Å². The standard InChI is InChI=1S/C27H23N3S/c1-19-10-9-15-23(16-19)30-17-24(22-13-7-4-8-14-22)25-26(30)28-18-29-27(25)31-20(2)21-11-5-3-6-12-21/h3-18,20H,1-2H3. The summed E-state index contributed by atoms with van der Waals surface area (Å²) >= 11 is 1.78. The minimum Gasteiger partial charge on any atom is -0.301 e. The van der Waals surface area contributed by atoms with E-state index in [1.165, 1.54) is 16.7 Å². The molecule has 0 aliphatic rings. The number of thioether (sulfide) groups is 1. The molecular weight excluding hydrogens is 398 g/mol. The Morgan fingerprint density at radius 1 is 0.839 bits per heavy atom. The molecule has 0 aliphatic carbocycles. The first kappa shape index (κ1) is 19.6. The van der Waals surface area contributed by atoms with Crippen molar-refractivity contribution in [1.82, 2.24) is 14.5 Å². The molecule has 31 heavy (non-hydrogen) atoms. The third-order valence-corrected chi connectivity index (χ3v) is 6.63. The van der Waals surface area contributed by atoms with Crippen molar-refractivity contribution in [1.29, 1.82) is 0 Å². The maximum Gasteiger partial charge on any atom is 0.149 e. The molecule has 2 heterocycles. The first-order chi connectivity index (χ1) is 15.2. The van der Waals surface area contributed by atoms with Crippen LogP contribution in [-0.4, -0.2) is 14.5 Å². The lowest BCUT2D eigenvalue weighted by Gasteiger charge is -2.12. The van der Waals surface area contributed by atoms with Crippen LogP contribution in [0.15, 0.2) is 102 Å². The number of nitrogens with zero attached hydrogens (tertiary/aromatic N) is 3. The van der Waals surface area contributed by atoms with E-state index in [0.717, 1.165) is 27.3 Å². The molecule has 0 N–H and O–H groups in total. The summed E-state index contributed by atoms with van der Waals surface area (Å²) in [5.74, 6) is 0. The molecule has 5 aromatic rings. The average Bonchev–Trinajstić information content (AvgIpc) is 3.21. The molecule has 152 valence electrons. The molecule has 0 amide bonds. The minimum absolute atomic E-state index is 0.283. The first-order valence-corrected chi connectivity index (χ1v) is 11.3. The number of fused-ring (bicyclic) bond motifs is 1. The van der Waals surface area contributed by atoms with Gasteiger partial charge in [0.05, 0.1) is 5.39 Å². The van der Waals surface area contributed by atoms with Gasteiger partial charge in [-0.05, 0) is 42.7 Å². The van der Waals surface area contributed by atoms with Gasteiger partial charge in [-0.2, -0.15) is 0 Å². The van der Waals surface area contributed by atoms with Crippen LogP contribution in [-0.2, 0) is 0 Å². The van der Waals surface area contributed by atoms with Gasteiger partial charge in [0, 0.05) is 22.7 Å². The third-order valence-electron chi connectivity index (χ3n) is 5.47. The molecule has 3 aromatic carbocycles. The van der Waals surface area contributed by atoms with Gasteiger partial charge < -0.3 is 4.57 Å². The molecule has 5 rings (SSSR count). The second-order valence-corrected chi connectivity index (χ2v) is 9.00. The summed E-state index contributed by atoms with van der Waals surface area (Å²) in [6.07, 6.45) is 3.88. The summed E-state index contributed by atoms with van der Waals surface area (Å²) < 4.78 is 2.18. The van der Waals surface area contributed by atoms with Crippen LogP contribution in [0.4, 0.5) is 0 Å². The zero-order chi connectivity index (χ0) is 21.2. The quantitative estimate of drug-likeness (QED) is 0.221. The maximum absolute atomic E-state index is 4.72. The Balaban J connectivity index is 1.70. The summed E-state index contributed by atoms with van der Waals surface area (Å²) in [5, 5.41) is 2.39. The van der Waals surface area contributed by atoms with Crippen LogP contribution in [0.5, 0.6) is 0 Å². The Hall–Kier alpha value is -3.37. The predicted octanol–water partition coefficient (Wildman–Crippen LogP) is 7.25. The van der Waals surface area contributed by atoms with Crippen molar-refractivity contribution in [3.63, 3.8) is 0 Å². The van der Waals surface area contributed by atoms with Crippen LogP contribution in [0.25, 0.3) is 27.8 Å². The lowest BCUT2D eigenvalue weighted by molar-refractivity contribution is 1.03. The summed E-state index contributed by atoms with van der Waals surface area (Å²) in [6, 6.07) is 29.6.